The maximum absolute atomic E-state index is 9.25. The monoisotopic (exact) mass is 261 g/mol. The molecule has 19 heavy (non-hydrogen) atoms. The van der Waals surface area contributed by atoms with Crippen LogP contribution in [-0.4, -0.2) is 45.3 Å². The van der Waals surface area contributed by atoms with E-state index in [4.69, 9.17) is 0 Å². The minimum atomic E-state index is 0.279. The molecule has 1 N–H and O–H groups in total. The average molecular weight is 261 g/mol. The number of aliphatic hydroxyl groups is 1. The number of hydrogen-bond acceptors (Lipinski definition) is 5. The molecular formula is C13H19N5O. The topological polar surface area (TPSA) is 67.1 Å². The van der Waals surface area contributed by atoms with Gasteiger partial charge in [0.15, 0.2) is 17.0 Å². The summed E-state index contributed by atoms with van der Waals surface area (Å²) in [6, 6.07) is 0.395. The molecular weight excluding hydrogens is 242 g/mol. The summed E-state index contributed by atoms with van der Waals surface area (Å²) in [6.45, 7) is 0.279. The van der Waals surface area contributed by atoms with Crippen LogP contribution in [0.2, 0.25) is 0 Å². The van der Waals surface area contributed by atoms with Crippen molar-refractivity contribution in [2.75, 3.05) is 25.6 Å². The third-order valence-corrected chi connectivity index (χ3v) is 3.93. The highest BCUT2D eigenvalue weighted by Gasteiger charge is 2.27. The summed E-state index contributed by atoms with van der Waals surface area (Å²) < 4.78 is 2.14. The van der Waals surface area contributed by atoms with Crippen molar-refractivity contribution < 1.29 is 5.11 Å². The lowest BCUT2D eigenvalue weighted by Crippen LogP contribution is -2.12. The summed E-state index contributed by atoms with van der Waals surface area (Å²) in [5, 5.41) is 9.25. The van der Waals surface area contributed by atoms with Crippen molar-refractivity contribution in [3.05, 3.63) is 12.7 Å². The zero-order valence-corrected chi connectivity index (χ0v) is 11.3. The number of anilines is 1. The molecule has 2 unspecified atom stereocenters. The van der Waals surface area contributed by atoms with Gasteiger partial charge in [-0.05, 0) is 25.2 Å². The van der Waals surface area contributed by atoms with Gasteiger partial charge in [0.1, 0.15) is 6.33 Å². The average Bonchev–Trinajstić information content (AvgIpc) is 3.03. The first-order valence-corrected chi connectivity index (χ1v) is 6.66. The van der Waals surface area contributed by atoms with Crippen LogP contribution in [0.4, 0.5) is 5.82 Å². The molecule has 2 atom stereocenters. The summed E-state index contributed by atoms with van der Waals surface area (Å²) in [5.74, 6) is 1.26. The molecule has 6 nitrogen and oxygen atoms in total. The van der Waals surface area contributed by atoms with Crippen molar-refractivity contribution in [2.45, 2.75) is 25.3 Å². The van der Waals surface area contributed by atoms with Crippen molar-refractivity contribution in [2.24, 2.45) is 5.92 Å². The Morgan fingerprint density at radius 1 is 1.32 bits per heavy atom. The zero-order valence-electron chi connectivity index (χ0n) is 11.3. The summed E-state index contributed by atoms with van der Waals surface area (Å²) in [7, 11) is 3.91. The largest absolute Gasteiger partial charge is 0.396 e. The van der Waals surface area contributed by atoms with Gasteiger partial charge in [0.2, 0.25) is 0 Å². The second kappa shape index (κ2) is 4.77. The zero-order chi connectivity index (χ0) is 13.4. The van der Waals surface area contributed by atoms with Crippen LogP contribution in [0.15, 0.2) is 12.7 Å². The molecule has 3 rings (SSSR count). The lowest BCUT2D eigenvalue weighted by atomic mass is 10.1. The quantitative estimate of drug-likeness (QED) is 0.900. The molecule has 1 saturated carbocycles. The summed E-state index contributed by atoms with van der Waals surface area (Å²) in [5.41, 5.74) is 1.74. The van der Waals surface area contributed by atoms with Crippen LogP contribution in [0, 0.1) is 5.92 Å². The molecule has 6 heteroatoms. The normalized spacial score (nSPS) is 23.1. The number of aliphatic hydroxyl groups excluding tert-OH is 1. The van der Waals surface area contributed by atoms with Crippen molar-refractivity contribution >= 4 is 17.0 Å². The van der Waals surface area contributed by atoms with Crippen LogP contribution in [0.1, 0.15) is 25.3 Å². The Labute approximate surface area is 112 Å². The minimum absolute atomic E-state index is 0.279. The van der Waals surface area contributed by atoms with E-state index in [0.29, 0.717) is 12.0 Å². The molecule has 0 radical (unpaired) electrons. The maximum Gasteiger partial charge on any atom is 0.165 e. The molecule has 2 aromatic rings. The maximum atomic E-state index is 9.25. The van der Waals surface area contributed by atoms with Crippen LogP contribution in [-0.2, 0) is 0 Å². The van der Waals surface area contributed by atoms with Crippen molar-refractivity contribution in [1.29, 1.82) is 0 Å². The molecule has 2 heterocycles. The Hall–Kier alpha value is -1.69. The van der Waals surface area contributed by atoms with Crippen molar-refractivity contribution in [1.82, 2.24) is 19.5 Å². The van der Waals surface area contributed by atoms with Crippen LogP contribution in [0.25, 0.3) is 11.2 Å². The number of nitrogens with zero attached hydrogens (tertiary/aromatic N) is 5. The third kappa shape index (κ3) is 2.06. The molecule has 1 aliphatic carbocycles. The number of aromatic nitrogens is 4. The molecule has 0 aromatic carbocycles. The smallest absolute Gasteiger partial charge is 0.165 e. The van der Waals surface area contributed by atoms with E-state index in [1.165, 1.54) is 0 Å². The van der Waals surface area contributed by atoms with Crippen LogP contribution in [0.3, 0.4) is 0 Å². The van der Waals surface area contributed by atoms with Gasteiger partial charge in [0, 0.05) is 26.7 Å². The first-order chi connectivity index (χ1) is 9.20. The molecule has 1 fully saturated rings. The van der Waals surface area contributed by atoms with E-state index in [-0.39, 0.29) is 6.61 Å². The lowest BCUT2D eigenvalue weighted by Gasteiger charge is -2.14. The Morgan fingerprint density at radius 3 is 2.84 bits per heavy atom. The van der Waals surface area contributed by atoms with Crippen LogP contribution in [0.5, 0.6) is 0 Å². The van der Waals surface area contributed by atoms with Gasteiger partial charge in [0.05, 0.1) is 6.33 Å². The van der Waals surface area contributed by atoms with Gasteiger partial charge < -0.3 is 14.6 Å². The fourth-order valence-corrected chi connectivity index (χ4v) is 2.90. The SMILES string of the molecule is CN(C)c1ncnc2c1ncn2C1CCC(CO)C1. The number of rotatable bonds is 3. The molecule has 2 aromatic heterocycles. The van der Waals surface area contributed by atoms with Crippen LogP contribution < -0.4 is 4.90 Å². The van der Waals surface area contributed by atoms with E-state index in [0.717, 1.165) is 36.2 Å². The molecule has 0 spiro atoms. The van der Waals surface area contributed by atoms with Gasteiger partial charge in [0.25, 0.3) is 0 Å². The predicted molar refractivity (Wildman–Crippen MR) is 73.1 cm³/mol. The Kier molecular flexibility index (Phi) is 3.10. The highest BCUT2D eigenvalue weighted by Crippen LogP contribution is 2.36. The summed E-state index contributed by atoms with van der Waals surface area (Å²) in [4.78, 5) is 15.1. The fraction of sp³-hybridized carbons (Fsp3) is 0.615. The van der Waals surface area contributed by atoms with Gasteiger partial charge in [-0.2, -0.15) is 0 Å². The Morgan fingerprint density at radius 2 is 2.16 bits per heavy atom. The van der Waals surface area contributed by atoms with Gasteiger partial charge in [-0.3, -0.25) is 0 Å². The van der Waals surface area contributed by atoms with E-state index in [2.05, 4.69) is 19.5 Å². The highest BCUT2D eigenvalue weighted by molar-refractivity contribution is 5.83. The molecule has 1 aliphatic rings. The lowest BCUT2D eigenvalue weighted by molar-refractivity contribution is 0.226. The number of hydrogen-bond donors (Lipinski definition) is 1. The van der Waals surface area contributed by atoms with Gasteiger partial charge >= 0.3 is 0 Å². The third-order valence-electron chi connectivity index (χ3n) is 3.93. The first-order valence-electron chi connectivity index (χ1n) is 6.66. The van der Waals surface area contributed by atoms with E-state index >= 15 is 0 Å². The second-order valence-corrected chi connectivity index (χ2v) is 5.43. The van der Waals surface area contributed by atoms with E-state index in [1.807, 2.05) is 25.3 Å². The summed E-state index contributed by atoms with van der Waals surface area (Å²) >= 11 is 0. The van der Waals surface area contributed by atoms with E-state index in [9.17, 15) is 5.11 Å². The van der Waals surface area contributed by atoms with Crippen molar-refractivity contribution in [3.8, 4) is 0 Å². The molecule has 0 saturated heterocycles. The fourth-order valence-electron chi connectivity index (χ4n) is 2.90. The predicted octanol–water partition coefficient (Wildman–Crippen LogP) is 1.23. The molecule has 0 aliphatic heterocycles. The van der Waals surface area contributed by atoms with Crippen molar-refractivity contribution in [3.63, 3.8) is 0 Å². The van der Waals surface area contributed by atoms with Gasteiger partial charge in [-0.1, -0.05) is 0 Å². The number of fused-ring (bicyclic) bond motifs is 1. The second-order valence-electron chi connectivity index (χ2n) is 5.43. The molecule has 0 amide bonds. The van der Waals surface area contributed by atoms with Crippen LogP contribution >= 0.6 is 0 Å². The highest BCUT2D eigenvalue weighted by atomic mass is 16.3. The standard InChI is InChI=1S/C13H19N5O/c1-17(2)12-11-13(15-7-14-12)18(8-16-11)10-4-3-9(5-10)6-19/h7-10,19H,3-6H2,1-2H3. The number of imidazole rings is 1. The Bertz CT molecular complexity index is 579. The minimum Gasteiger partial charge on any atom is -0.396 e. The Balaban J connectivity index is 2.00. The van der Waals surface area contributed by atoms with E-state index < -0.39 is 0 Å². The van der Waals surface area contributed by atoms with Gasteiger partial charge in [-0.15, -0.1) is 0 Å². The first kappa shape index (κ1) is 12.3. The van der Waals surface area contributed by atoms with E-state index in [1.54, 1.807) is 6.33 Å². The van der Waals surface area contributed by atoms with Gasteiger partial charge in [-0.25, -0.2) is 15.0 Å². The molecule has 102 valence electrons. The summed E-state index contributed by atoms with van der Waals surface area (Å²) in [6.07, 6.45) is 6.61. The molecule has 0 bridgehead atoms.